The molecule has 0 saturated heterocycles. The van der Waals surface area contributed by atoms with Crippen LogP contribution in [0.4, 0.5) is 5.69 Å². The normalized spacial score (nSPS) is 30.7. The Morgan fingerprint density at radius 1 is 0.978 bits per heavy atom. The second-order valence-electron chi connectivity index (χ2n) is 16.3. The smallest absolute Gasteiger partial charge is 0.252 e. The van der Waals surface area contributed by atoms with E-state index in [9.17, 15) is 10.1 Å². The van der Waals surface area contributed by atoms with Gasteiger partial charge in [-0.1, -0.05) is 85.6 Å². The van der Waals surface area contributed by atoms with Crippen molar-refractivity contribution in [2.75, 3.05) is 5.32 Å². The molecule has 46 heavy (non-hydrogen) atoms. The van der Waals surface area contributed by atoms with Crippen LogP contribution in [0.15, 0.2) is 59.3 Å². The zero-order chi connectivity index (χ0) is 33.0. The molecule has 1 aromatic heterocycles. The van der Waals surface area contributed by atoms with E-state index in [0.717, 1.165) is 66.3 Å². The maximum Gasteiger partial charge on any atom is 0.252 e. The minimum Gasteiger partial charge on any atom is -0.320 e. The molecule has 4 nitrogen and oxygen atoms in total. The summed E-state index contributed by atoms with van der Waals surface area (Å²) in [5.74, 6) is 5.77. The number of aromatic nitrogens is 1. The van der Waals surface area contributed by atoms with Crippen molar-refractivity contribution in [3.05, 3.63) is 59.3 Å². The Bertz CT molecular complexity index is 1670. The van der Waals surface area contributed by atoms with E-state index in [-0.39, 0.29) is 22.7 Å². The van der Waals surface area contributed by atoms with Crippen LogP contribution in [0.1, 0.15) is 100 Å². The fraction of sp³-hybridized carbons (Fsp3) is 0.585. The first-order chi connectivity index (χ1) is 21.9. The first-order valence-electron chi connectivity index (χ1n) is 17.9. The Balaban J connectivity index is 1.47. The Kier molecular flexibility index (Phi) is 8.65. The minimum atomic E-state index is -2.04. The van der Waals surface area contributed by atoms with Crippen LogP contribution in [0.5, 0.6) is 0 Å². The van der Waals surface area contributed by atoms with E-state index in [2.05, 4.69) is 89.3 Å². The Labute approximate surface area is 278 Å². The van der Waals surface area contributed by atoms with Gasteiger partial charge in [0.15, 0.2) is 0 Å². The number of hydrogen-bond acceptors (Lipinski definition) is 3. The highest BCUT2D eigenvalue weighted by molar-refractivity contribution is 6.90. The summed E-state index contributed by atoms with van der Waals surface area (Å²) >= 11 is 0. The Morgan fingerprint density at radius 3 is 2.39 bits per heavy atom. The highest BCUT2D eigenvalue weighted by Crippen LogP contribution is 2.66. The van der Waals surface area contributed by atoms with Crippen molar-refractivity contribution < 1.29 is 4.79 Å². The second kappa shape index (κ2) is 12.1. The fourth-order valence-electron chi connectivity index (χ4n) is 11.1. The molecule has 0 spiro atoms. The van der Waals surface area contributed by atoms with Crippen LogP contribution in [-0.2, 0) is 4.79 Å². The largest absolute Gasteiger partial charge is 0.320 e. The quantitative estimate of drug-likeness (QED) is 0.264. The Hall–Kier alpha value is -3.15. The summed E-state index contributed by atoms with van der Waals surface area (Å²) in [5, 5.41) is 14.3. The third-order valence-corrected chi connectivity index (χ3v) is 19.8. The first-order valence-corrected chi connectivity index (χ1v) is 20.1. The number of fused-ring (bicyclic) bond motifs is 6. The molecular weight excluding hydrogens is 579 g/mol. The number of allylic oxidation sites excluding steroid dienone is 3. The van der Waals surface area contributed by atoms with Gasteiger partial charge >= 0.3 is 0 Å². The van der Waals surface area contributed by atoms with Crippen LogP contribution in [0.3, 0.4) is 0 Å². The SMILES string of the molecule is CC(C)[Si](C#CC1=C(C(=O)Nc2cccc3cccnc23)CC[C@@]2(C)C1=CC[C@H]1[C@@H]3CC[C@H](C#N)[C@@]3(C)CC[C@@H]12)(C(C)C)C(C)C. The van der Waals surface area contributed by atoms with Gasteiger partial charge in [0.1, 0.15) is 8.07 Å². The molecule has 0 radical (unpaired) electrons. The third kappa shape index (κ3) is 5.00. The summed E-state index contributed by atoms with van der Waals surface area (Å²) in [5.41, 5.74) is 10.4. The number of nitrogens with one attached hydrogen (secondary N) is 1. The van der Waals surface area contributed by atoms with E-state index < -0.39 is 8.07 Å². The van der Waals surface area contributed by atoms with Gasteiger partial charge in [-0.25, -0.2) is 0 Å². The lowest BCUT2D eigenvalue weighted by molar-refractivity contribution is -0.113. The van der Waals surface area contributed by atoms with E-state index in [1.165, 1.54) is 12.0 Å². The van der Waals surface area contributed by atoms with Gasteiger partial charge in [-0.05, 0) is 108 Å². The van der Waals surface area contributed by atoms with Gasteiger partial charge in [0.25, 0.3) is 5.91 Å². The lowest BCUT2D eigenvalue weighted by atomic mass is 9.47. The van der Waals surface area contributed by atoms with E-state index in [1.54, 1.807) is 6.20 Å². The summed E-state index contributed by atoms with van der Waals surface area (Å²) in [6.07, 6.45) is 11.5. The number of anilines is 1. The predicted octanol–water partition coefficient (Wildman–Crippen LogP) is 10.4. The van der Waals surface area contributed by atoms with Crippen molar-refractivity contribution in [2.24, 2.45) is 34.5 Å². The monoisotopic (exact) mass is 631 g/mol. The van der Waals surface area contributed by atoms with Gasteiger partial charge < -0.3 is 5.32 Å². The van der Waals surface area contributed by atoms with Crippen LogP contribution >= 0.6 is 0 Å². The lowest BCUT2D eigenvalue weighted by Gasteiger charge is -2.57. The first kappa shape index (κ1) is 32.8. The van der Waals surface area contributed by atoms with Gasteiger partial charge in [0.2, 0.25) is 0 Å². The number of rotatable bonds is 5. The standard InChI is InChI=1S/C41H53N3OSi/c1-26(2)46(27(3)4,28(5)6)24-20-31-32(39(45)44-37-13-9-11-29-12-10-23-43-38(29)37)18-21-41(8)34(31)17-15-33-35-16-14-30(25-42)40(35,7)22-19-36(33)41/h9-13,17,23,26-28,30,33,35-36H,14-16,18-19,21-22H2,1-8H3,(H,44,45)/t30-,33+,35+,36+,40-,41+/m1/s1. The van der Waals surface area contributed by atoms with Crippen molar-refractivity contribution in [3.63, 3.8) is 0 Å². The Morgan fingerprint density at radius 2 is 1.70 bits per heavy atom. The number of para-hydroxylation sites is 1. The van der Waals surface area contributed by atoms with Crippen molar-refractivity contribution >= 4 is 30.6 Å². The van der Waals surface area contributed by atoms with Gasteiger partial charge in [-0.15, -0.1) is 5.54 Å². The molecule has 2 fully saturated rings. The van der Waals surface area contributed by atoms with E-state index in [4.69, 9.17) is 0 Å². The zero-order valence-electron chi connectivity index (χ0n) is 29.3. The fourth-order valence-corrected chi connectivity index (χ4v) is 16.3. The molecule has 242 valence electrons. The molecule has 1 N–H and O–H groups in total. The highest BCUT2D eigenvalue weighted by atomic mass is 28.3. The molecule has 1 heterocycles. The maximum atomic E-state index is 14.4. The molecule has 6 rings (SSSR count). The molecule has 5 heteroatoms. The molecule has 1 amide bonds. The second-order valence-corrected chi connectivity index (χ2v) is 21.9. The predicted molar refractivity (Wildman–Crippen MR) is 192 cm³/mol. The van der Waals surface area contributed by atoms with Gasteiger partial charge in [0, 0.05) is 22.7 Å². The van der Waals surface area contributed by atoms with Crippen LogP contribution in [-0.4, -0.2) is 19.0 Å². The van der Waals surface area contributed by atoms with E-state index in [1.807, 2.05) is 30.3 Å². The summed E-state index contributed by atoms with van der Waals surface area (Å²) in [7, 11) is -2.04. The zero-order valence-corrected chi connectivity index (χ0v) is 30.3. The number of nitriles is 1. The molecule has 4 aliphatic carbocycles. The number of pyridine rings is 1. The summed E-state index contributed by atoms with van der Waals surface area (Å²) in [6, 6.07) is 12.6. The number of carbonyl (C=O) groups excluding carboxylic acids is 1. The van der Waals surface area contributed by atoms with Crippen LogP contribution in [0.25, 0.3) is 10.9 Å². The average Bonchev–Trinajstić information content (AvgIpc) is 3.37. The molecule has 2 saturated carbocycles. The number of nitrogens with zero attached hydrogens (tertiary/aromatic N) is 2. The number of amides is 1. The molecule has 0 aliphatic heterocycles. The van der Waals surface area contributed by atoms with E-state index in [0.29, 0.717) is 34.4 Å². The van der Waals surface area contributed by atoms with Crippen LogP contribution in [0.2, 0.25) is 16.6 Å². The van der Waals surface area contributed by atoms with Crippen molar-refractivity contribution in [3.8, 4) is 17.5 Å². The highest BCUT2D eigenvalue weighted by Gasteiger charge is 2.59. The van der Waals surface area contributed by atoms with Gasteiger partial charge in [-0.3, -0.25) is 9.78 Å². The van der Waals surface area contributed by atoms with Crippen molar-refractivity contribution in [2.45, 2.75) is 117 Å². The van der Waals surface area contributed by atoms with Crippen LogP contribution < -0.4 is 5.32 Å². The lowest BCUT2D eigenvalue weighted by Crippen LogP contribution is -2.50. The summed E-state index contributed by atoms with van der Waals surface area (Å²) in [4.78, 5) is 19.0. The average molecular weight is 632 g/mol. The maximum absolute atomic E-state index is 14.4. The molecule has 0 unspecified atom stereocenters. The molecule has 4 aliphatic rings. The number of carbonyl (C=O) groups is 1. The van der Waals surface area contributed by atoms with Crippen molar-refractivity contribution in [1.29, 1.82) is 5.26 Å². The van der Waals surface area contributed by atoms with Crippen molar-refractivity contribution in [1.82, 2.24) is 4.98 Å². The van der Waals surface area contributed by atoms with E-state index >= 15 is 0 Å². The third-order valence-electron chi connectivity index (χ3n) is 13.5. The number of hydrogen-bond donors (Lipinski definition) is 1. The number of benzene rings is 1. The molecule has 6 atom stereocenters. The summed E-state index contributed by atoms with van der Waals surface area (Å²) in [6.45, 7) is 19.1. The minimum absolute atomic E-state index is 0.0124. The summed E-state index contributed by atoms with van der Waals surface area (Å²) < 4.78 is 0. The van der Waals surface area contributed by atoms with Crippen LogP contribution in [0, 0.1) is 57.3 Å². The van der Waals surface area contributed by atoms with Gasteiger partial charge in [0.05, 0.1) is 23.2 Å². The topological polar surface area (TPSA) is 65.8 Å². The molecular formula is C41H53N3OSi. The molecule has 2 aromatic rings. The molecule has 1 aromatic carbocycles. The molecule has 0 bridgehead atoms. The van der Waals surface area contributed by atoms with Gasteiger partial charge in [-0.2, -0.15) is 5.26 Å².